The summed E-state index contributed by atoms with van der Waals surface area (Å²) in [4.78, 5) is 10.7. The van der Waals surface area contributed by atoms with Crippen molar-refractivity contribution in [3.63, 3.8) is 0 Å². The summed E-state index contributed by atoms with van der Waals surface area (Å²) in [6, 6.07) is 4.52. The van der Waals surface area contributed by atoms with Gasteiger partial charge in [-0.2, -0.15) is 0 Å². The zero-order chi connectivity index (χ0) is 10.8. The van der Waals surface area contributed by atoms with E-state index in [9.17, 15) is 4.79 Å². The number of halogens is 1. The predicted octanol–water partition coefficient (Wildman–Crippen LogP) is 1.37. The van der Waals surface area contributed by atoms with Gasteiger partial charge in [-0.1, -0.05) is 0 Å². The van der Waals surface area contributed by atoms with Crippen molar-refractivity contribution in [3.8, 4) is 11.5 Å². The number of nitrogens with one attached hydrogen (secondary N) is 1. The number of anilines is 1. The Morgan fingerprint density at radius 2 is 2.38 bits per heavy atom. The van der Waals surface area contributed by atoms with Gasteiger partial charge in [0, 0.05) is 6.07 Å². The normalized spacial score (nSPS) is 17.2. The Balaban J connectivity index is 0.00000128. The molecule has 6 heteroatoms. The molecule has 0 fully saturated rings. The molecule has 1 aromatic rings. The van der Waals surface area contributed by atoms with Gasteiger partial charge in [-0.3, -0.25) is 0 Å². The molecule has 16 heavy (non-hydrogen) atoms. The molecule has 0 bridgehead atoms. The fourth-order valence-electron chi connectivity index (χ4n) is 1.40. The number of rotatable bonds is 2. The molecule has 1 unspecified atom stereocenters. The molecule has 1 atom stereocenters. The third kappa shape index (κ3) is 2.30. The minimum Gasteiger partial charge on any atom is -0.497 e. The molecule has 0 amide bonds. The zero-order valence-corrected chi connectivity index (χ0v) is 9.41. The Labute approximate surface area is 98.8 Å². The fourth-order valence-corrected chi connectivity index (χ4v) is 1.40. The second-order valence-electron chi connectivity index (χ2n) is 3.21. The third-order valence-electron chi connectivity index (χ3n) is 2.22. The van der Waals surface area contributed by atoms with Crippen molar-refractivity contribution in [2.45, 2.75) is 6.04 Å². The van der Waals surface area contributed by atoms with Gasteiger partial charge in [0.25, 0.3) is 0 Å². The first kappa shape index (κ1) is 12.4. The van der Waals surface area contributed by atoms with Gasteiger partial charge in [-0.15, -0.1) is 12.4 Å². The van der Waals surface area contributed by atoms with Gasteiger partial charge in [0.1, 0.15) is 18.1 Å². The Hall–Kier alpha value is -1.62. The van der Waals surface area contributed by atoms with Gasteiger partial charge in [-0.25, -0.2) is 4.79 Å². The second-order valence-corrected chi connectivity index (χ2v) is 3.21. The summed E-state index contributed by atoms with van der Waals surface area (Å²) in [5.74, 6) is 0.382. The van der Waals surface area contributed by atoms with Gasteiger partial charge < -0.3 is 19.9 Å². The second kappa shape index (κ2) is 4.94. The number of carboxylic acid groups (broad SMARTS) is 1. The molecular formula is C10H12ClNO4. The number of carboxylic acids is 1. The first-order chi connectivity index (χ1) is 7.20. The van der Waals surface area contributed by atoms with Crippen LogP contribution in [0.15, 0.2) is 18.2 Å². The van der Waals surface area contributed by atoms with Crippen molar-refractivity contribution >= 4 is 24.1 Å². The molecule has 0 aliphatic carbocycles. The fraction of sp³-hybridized carbons (Fsp3) is 0.300. The van der Waals surface area contributed by atoms with Crippen LogP contribution in [-0.4, -0.2) is 30.8 Å². The van der Waals surface area contributed by atoms with Crippen LogP contribution in [0.4, 0.5) is 5.69 Å². The predicted molar refractivity (Wildman–Crippen MR) is 60.8 cm³/mol. The standard InChI is InChI=1S/C10H11NO4.ClH/c1-14-6-2-3-7-9(4-6)15-5-8(11-7)10(12)13;/h2-4,8,11H,5H2,1H3,(H,12,13);1H. The Morgan fingerprint density at radius 1 is 1.62 bits per heavy atom. The lowest BCUT2D eigenvalue weighted by molar-refractivity contribution is -0.138. The van der Waals surface area contributed by atoms with Crippen LogP contribution in [-0.2, 0) is 4.79 Å². The van der Waals surface area contributed by atoms with E-state index in [1.165, 1.54) is 0 Å². The van der Waals surface area contributed by atoms with Crippen molar-refractivity contribution in [2.24, 2.45) is 0 Å². The van der Waals surface area contributed by atoms with Crippen LogP contribution < -0.4 is 14.8 Å². The van der Waals surface area contributed by atoms with Crippen molar-refractivity contribution in [3.05, 3.63) is 18.2 Å². The van der Waals surface area contributed by atoms with E-state index in [4.69, 9.17) is 14.6 Å². The quantitative estimate of drug-likeness (QED) is 0.824. The van der Waals surface area contributed by atoms with Crippen molar-refractivity contribution < 1.29 is 19.4 Å². The van der Waals surface area contributed by atoms with Gasteiger partial charge in [0.2, 0.25) is 0 Å². The summed E-state index contributed by atoms with van der Waals surface area (Å²) in [6.45, 7) is 0.121. The molecule has 1 heterocycles. The summed E-state index contributed by atoms with van der Waals surface area (Å²) >= 11 is 0. The Kier molecular flexibility index (Phi) is 3.84. The minimum atomic E-state index is -0.920. The molecule has 0 aromatic heterocycles. The average Bonchev–Trinajstić information content (AvgIpc) is 2.27. The maximum atomic E-state index is 10.7. The van der Waals surface area contributed by atoms with E-state index in [0.717, 1.165) is 0 Å². The van der Waals surface area contributed by atoms with E-state index in [1.54, 1.807) is 25.3 Å². The highest BCUT2D eigenvalue weighted by atomic mass is 35.5. The number of methoxy groups -OCH3 is 1. The van der Waals surface area contributed by atoms with E-state index in [1.807, 2.05) is 0 Å². The van der Waals surface area contributed by atoms with Crippen LogP contribution >= 0.6 is 12.4 Å². The summed E-state index contributed by atoms with van der Waals surface area (Å²) in [6.07, 6.45) is 0. The molecule has 1 aliphatic rings. The lowest BCUT2D eigenvalue weighted by Gasteiger charge is -2.24. The van der Waals surface area contributed by atoms with E-state index in [2.05, 4.69) is 5.32 Å². The van der Waals surface area contributed by atoms with Crippen LogP contribution in [0, 0.1) is 0 Å². The van der Waals surface area contributed by atoms with Gasteiger partial charge in [0.05, 0.1) is 12.8 Å². The van der Waals surface area contributed by atoms with Crippen LogP contribution in [0.1, 0.15) is 0 Å². The molecular weight excluding hydrogens is 234 g/mol. The zero-order valence-electron chi connectivity index (χ0n) is 8.60. The summed E-state index contributed by atoms with van der Waals surface area (Å²) < 4.78 is 10.3. The van der Waals surface area contributed by atoms with Crippen molar-refractivity contribution in [2.75, 3.05) is 19.0 Å². The van der Waals surface area contributed by atoms with Crippen molar-refractivity contribution in [1.82, 2.24) is 0 Å². The number of benzene rings is 1. The smallest absolute Gasteiger partial charge is 0.329 e. The van der Waals surface area contributed by atoms with Crippen LogP contribution in [0.2, 0.25) is 0 Å². The average molecular weight is 246 g/mol. The molecule has 0 saturated carbocycles. The molecule has 0 radical (unpaired) electrons. The molecule has 0 spiro atoms. The highest BCUT2D eigenvalue weighted by molar-refractivity contribution is 5.85. The lowest BCUT2D eigenvalue weighted by Crippen LogP contribution is -2.38. The number of hydrogen-bond acceptors (Lipinski definition) is 4. The van der Waals surface area contributed by atoms with Crippen LogP contribution in [0.25, 0.3) is 0 Å². The lowest BCUT2D eigenvalue weighted by atomic mass is 10.2. The maximum Gasteiger partial charge on any atom is 0.329 e. The number of hydrogen-bond donors (Lipinski definition) is 2. The van der Waals surface area contributed by atoms with Crippen LogP contribution in [0.3, 0.4) is 0 Å². The topological polar surface area (TPSA) is 67.8 Å². The highest BCUT2D eigenvalue weighted by Crippen LogP contribution is 2.32. The molecule has 0 saturated heterocycles. The number of ether oxygens (including phenoxy) is 2. The Morgan fingerprint density at radius 3 is 3.00 bits per heavy atom. The number of fused-ring (bicyclic) bond motifs is 1. The molecule has 88 valence electrons. The van der Waals surface area contributed by atoms with E-state index >= 15 is 0 Å². The molecule has 5 nitrogen and oxygen atoms in total. The van der Waals surface area contributed by atoms with Crippen LogP contribution in [0.5, 0.6) is 11.5 Å². The molecule has 1 aliphatic heterocycles. The molecule has 1 aromatic carbocycles. The maximum absolute atomic E-state index is 10.7. The summed E-state index contributed by atoms with van der Waals surface area (Å²) in [5.41, 5.74) is 0.675. The number of aliphatic carboxylic acids is 1. The summed E-state index contributed by atoms with van der Waals surface area (Å²) in [7, 11) is 1.57. The van der Waals surface area contributed by atoms with Crippen molar-refractivity contribution in [1.29, 1.82) is 0 Å². The minimum absolute atomic E-state index is 0. The van der Waals surface area contributed by atoms with E-state index in [-0.39, 0.29) is 19.0 Å². The first-order valence-corrected chi connectivity index (χ1v) is 4.51. The summed E-state index contributed by atoms with van der Waals surface area (Å²) in [5, 5.41) is 11.7. The molecule has 2 rings (SSSR count). The Bertz CT molecular complexity index is 396. The highest BCUT2D eigenvalue weighted by Gasteiger charge is 2.24. The molecule has 2 N–H and O–H groups in total. The number of carbonyl (C=O) groups is 1. The van der Waals surface area contributed by atoms with Gasteiger partial charge in [0.15, 0.2) is 6.04 Å². The van der Waals surface area contributed by atoms with E-state index in [0.29, 0.717) is 17.2 Å². The van der Waals surface area contributed by atoms with E-state index < -0.39 is 12.0 Å². The third-order valence-corrected chi connectivity index (χ3v) is 2.22. The first-order valence-electron chi connectivity index (χ1n) is 4.51. The SMILES string of the molecule is COc1ccc2c(c1)OCC(C(=O)O)N2.Cl. The van der Waals surface area contributed by atoms with Gasteiger partial charge in [-0.05, 0) is 12.1 Å². The van der Waals surface area contributed by atoms with Gasteiger partial charge >= 0.3 is 5.97 Å². The largest absolute Gasteiger partial charge is 0.497 e. The monoisotopic (exact) mass is 245 g/mol.